The maximum atomic E-state index is 13.5. The molecule has 8 amide bonds. The van der Waals surface area contributed by atoms with E-state index in [-0.39, 0.29) is 80.7 Å². The molecule has 452 valence electrons. The maximum Gasteiger partial charge on any atom is 0.426 e. The van der Waals surface area contributed by atoms with Crippen molar-refractivity contribution in [2.24, 2.45) is 23.3 Å². The van der Waals surface area contributed by atoms with Crippen LogP contribution in [0.4, 0.5) is 15.3 Å². The fraction of sp³-hybridized carbons (Fsp3) is 0.625. The number of carbonyl (C=O) groups excluding carboxylic acids is 8. The van der Waals surface area contributed by atoms with Gasteiger partial charge in [-0.2, -0.15) is 0 Å². The Morgan fingerprint density at radius 1 is 0.926 bits per heavy atom. The second kappa shape index (κ2) is 34.4. The lowest BCUT2D eigenvalue weighted by atomic mass is 9.87. The van der Waals surface area contributed by atoms with Crippen molar-refractivity contribution in [2.45, 2.75) is 187 Å². The standard InChI is InChI=1S/C54H83N9O14.C2H4O2/c1-32(2)48(61-45(65)14-10-9-11-25-55)51(70)60-41(13-12-26-57-52(56)71)50(69)58-39-20-18-38(19-21-39)30-73-53(72)62-63(8)47(67)28-40-29-54(31-74-54)49(68)44(77-40)23-16-33(3)15-22-43-34(4)27-42(36(6)76-43)59-46(66)24-17-35(5)75-37(7)64;1-2(3)4/h15-21,23-24,32,34-36,40-44,48-49,68H,9-14,22,25-31,55H2,1-8H3,(H,58,69)(H,59,66)(H,60,70)(H,61,65)(H,62,72)(H3,56,57,71);1H3,(H,3,4)/b23-16+,24-17-,33-15+;/t34-,35-,36+,40+,41-,42+,43-,44+,48-,49+,54+;/m0./s1. The number of carbonyl (C=O) groups is 9. The van der Waals surface area contributed by atoms with Gasteiger partial charge in [0, 0.05) is 52.0 Å². The number of anilines is 1. The summed E-state index contributed by atoms with van der Waals surface area (Å²) >= 11 is 0. The Morgan fingerprint density at radius 3 is 2.22 bits per heavy atom. The number of hydrogen-bond donors (Lipinski definition) is 10. The Morgan fingerprint density at radius 2 is 1.60 bits per heavy atom. The first-order chi connectivity index (χ1) is 38.2. The van der Waals surface area contributed by atoms with Gasteiger partial charge in [-0.05, 0) is 101 Å². The molecular formula is C56H87N9O16. The van der Waals surface area contributed by atoms with Crippen LogP contribution in [-0.4, -0.2) is 156 Å². The summed E-state index contributed by atoms with van der Waals surface area (Å²) in [5.74, 6) is -3.54. The fourth-order valence-electron chi connectivity index (χ4n) is 8.95. The first-order valence-electron chi connectivity index (χ1n) is 27.5. The summed E-state index contributed by atoms with van der Waals surface area (Å²) in [6.07, 6.45) is 8.73. The smallest absolute Gasteiger partial charge is 0.426 e. The third-order valence-electron chi connectivity index (χ3n) is 13.5. The Bertz CT molecular complexity index is 2360. The SMILES string of the molecule is CC(=O)O.CC(=O)O[C@@H](C)/C=C\C(=O)N[C@@H]1C[C@H](C)[C@H](C/C=C(C)/C=C/[C@H]2O[C@H](CC(=O)N(C)NC(=O)OCc3ccc(NC(=O)[C@H](CCCNC(N)=O)NC(=O)[C@@H](NC(=O)CCCCCN)C(C)C)cc3)C[C@@]3(CO3)[C@@H]2O)O[C@@H]1C. The summed E-state index contributed by atoms with van der Waals surface area (Å²) in [5, 5.41) is 33.4. The van der Waals surface area contributed by atoms with Gasteiger partial charge in [-0.15, -0.1) is 0 Å². The number of hydrogen-bond acceptors (Lipinski definition) is 16. The van der Waals surface area contributed by atoms with E-state index in [1.807, 2.05) is 26.0 Å². The molecule has 3 fully saturated rings. The summed E-state index contributed by atoms with van der Waals surface area (Å²) in [5.41, 5.74) is 14.1. The van der Waals surface area contributed by atoms with Gasteiger partial charge in [0.05, 0.1) is 37.4 Å². The summed E-state index contributed by atoms with van der Waals surface area (Å²) in [6, 6.07) is 3.56. The number of nitrogens with two attached hydrogens (primary N) is 2. The zero-order valence-electron chi connectivity index (χ0n) is 48.2. The number of carboxylic acids is 1. The molecule has 0 aromatic heterocycles. The Labute approximate surface area is 474 Å². The number of primary amides is 1. The van der Waals surface area contributed by atoms with E-state index in [0.717, 1.165) is 30.3 Å². The number of urea groups is 1. The quantitative estimate of drug-likeness (QED) is 0.0151. The lowest BCUT2D eigenvalue weighted by molar-refractivity contribution is -0.152. The molecule has 11 atom stereocenters. The number of ether oxygens (including phenoxy) is 5. The minimum Gasteiger partial charge on any atom is -0.481 e. The number of benzene rings is 1. The van der Waals surface area contributed by atoms with Crippen molar-refractivity contribution in [3.8, 4) is 0 Å². The van der Waals surface area contributed by atoms with Gasteiger partial charge in [-0.25, -0.2) is 15.0 Å². The maximum absolute atomic E-state index is 13.5. The first-order valence-corrected chi connectivity index (χ1v) is 27.5. The van der Waals surface area contributed by atoms with Crippen molar-refractivity contribution >= 4 is 59.3 Å². The molecule has 0 unspecified atom stereocenters. The number of aliphatic carboxylic acids is 1. The van der Waals surface area contributed by atoms with Crippen LogP contribution >= 0.6 is 0 Å². The zero-order valence-corrected chi connectivity index (χ0v) is 48.2. The molecule has 12 N–H and O–H groups in total. The number of rotatable bonds is 27. The highest BCUT2D eigenvalue weighted by Gasteiger charge is 2.58. The topological polar surface area (TPSA) is 371 Å². The Hall–Kier alpha value is -6.93. The van der Waals surface area contributed by atoms with Gasteiger partial charge in [-0.3, -0.25) is 38.6 Å². The van der Waals surface area contributed by atoms with Gasteiger partial charge in [0.2, 0.25) is 29.5 Å². The van der Waals surface area contributed by atoms with Crippen molar-refractivity contribution in [1.29, 1.82) is 0 Å². The number of carboxylic acid groups (broad SMARTS) is 1. The molecule has 1 aromatic rings. The summed E-state index contributed by atoms with van der Waals surface area (Å²) in [6.45, 7) is 14.4. The van der Waals surface area contributed by atoms with E-state index in [1.165, 1.54) is 26.1 Å². The van der Waals surface area contributed by atoms with E-state index >= 15 is 0 Å². The number of allylic oxidation sites excluding steroid dienone is 2. The van der Waals surface area contributed by atoms with Crippen molar-refractivity contribution in [2.75, 3.05) is 32.1 Å². The molecule has 1 aromatic carbocycles. The van der Waals surface area contributed by atoms with E-state index in [0.29, 0.717) is 50.1 Å². The predicted molar refractivity (Wildman–Crippen MR) is 298 cm³/mol. The molecule has 0 saturated carbocycles. The highest BCUT2D eigenvalue weighted by molar-refractivity contribution is 5.98. The van der Waals surface area contributed by atoms with Crippen LogP contribution in [0.15, 0.2) is 60.2 Å². The fourth-order valence-corrected chi connectivity index (χ4v) is 8.95. The first kappa shape index (κ1) is 68.3. The average Bonchev–Trinajstić information content (AvgIpc) is 4.32. The molecule has 1 spiro atoms. The van der Waals surface area contributed by atoms with Crippen LogP contribution in [0, 0.1) is 11.8 Å². The number of aliphatic hydroxyl groups is 1. The highest BCUT2D eigenvalue weighted by Crippen LogP contribution is 2.43. The number of hydrazine groups is 1. The van der Waals surface area contributed by atoms with Crippen molar-refractivity contribution in [3.05, 3.63) is 65.8 Å². The van der Waals surface area contributed by atoms with E-state index in [4.69, 9.17) is 45.1 Å². The van der Waals surface area contributed by atoms with Crippen molar-refractivity contribution < 1.29 is 77.0 Å². The molecule has 3 heterocycles. The van der Waals surface area contributed by atoms with Gasteiger partial charge in [-0.1, -0.05) is 63.1 Å². The molecule has 0 aliphatic carbocycles. The normalized spacial score (nSPS) is 23.4. The van der Waals surface area contributed by atoms with Gasteiger partial charge in [0.15, 0.2) is 0 Å². The van der Waals surface area contributed by atoms with Crippen molar-refractivity contribution in [1.82, 2.24) is 31.7 Å². The minimum absolute atomic E-state index is 0.0947. The van der Waals surface area contributed by atoms with Crippen LogP contribution < -0.4 is 43.5 Å². The van der Waals surface area contributed by atoms with Crippen LogP contribution in [-0.2, 0) is 63.9 Å². The lowest BCUT2D eigenvalue weighted by Crippen LogP contribution is -2.54. The van der Waals surface area contributed by atoms with Crippen LogP contribution in [0.1, 0.15) is 125 Å². The third kappa shape index (κ3) is 25.6. The minimum atomic E-state index is -1.04. The third-order valence-corrected chi connectivity index (χ3v) is 13.5. The second-order valence-corrected chi connectivity index (χ2v) is 21.1. The van der Waals surface area contributed by atoms with E-state index < -0.39 is 83.9 Å². The molecule has 3 aliphatic rings. The molecule has 4 rings (SSSR count). The van der Waals surface area contributed by atoms with Gasteiger partial charge < -0.3 is 71.9 Å². The molecule has 81 heavy (non-hydrogen) atoms. The number of unbranched alkanes of at least 4 members (excludes halogenated alkanes) is 2. The van der Waals surface area contributed by atoms with E-state index in [2.05, 4.69) is 38.9 Å². The van der Waals surface area contributed by atoms with E-state index in [9.17, 15) is 43.5 Å². The van der Waals surface area contributed by atoms with Gasteiger partial charge in [0.1, 0.15) is 42.6 Å². The van der Waals surface area contributed by atoms with Crippen molar-refractivity contribution in [3.63, 3.8) is 0 Å². The van der Waals surface area contributed by atoms with Crippen LogP contribution in [0.5, 0.6) is 0 Å². The largest absolute Gasteiger partial charge is 0.481 e. The molecule has 25 nitrogen and oxygen atoms in total. The molecule has 3 aliphatic heterocycles. The van der Waals surface area contributed by atoms with E-state index in [1.54, 1.807) is 51.1 Å². The monoisotopic (exact) mass is 1140 g/mol. The zero-order chi connectivity index (χ0) is 60.4. The number of esters is 1. The summed E-state index contributed by atoms with van der Waals surface area (Å²) in [4.78, 5) is 110. The van der Waals surface area contributed by atoms with Gasteiger partial charge in [0.25, 0.3) is 5.97 Å². The number of nitrogens with one attached hydrogen (secondary N) is 6. The second-order valence-electron chi connectivity index (χ2n) is 21.1. The number of nitrogens with zero attached hydrogens (tertiary/aromatic N) is 1. The van der Waals surface area contributed by atoms with Crippen LogP contribution in [0.2, 0.25) is 0 Å². The molecule has 3 saturated heterocycles. The van der Waals surface area contributed by atoms with Crippen LogP contribution in [0.25, 0.3) is 0 Å². The number of epoxide rings is 1. The Balaban J connectivity index is 0.00000416. The predicted octanol–water partition coefficient (Wildman–Crippen LogP) is 3.29. The lowest BCUT2D eigenvalue weighted by Gasteiger charge is -2.39. The van der Waals surface area contributed by atoms with Crippen LogP contribution in [0.3, 0.4) is 0 Å². The number of aliphatic hydroxyl groups excluding tert-OH is 1. The number of amides is 8. The Kier molecular flexibility index (Phi) is 29.0. The molecule has 25 heteroatoms. The molecular weight excluding hydrogens is 1050 g/mol. The summed E-state index contributed by atoms with van der Waals surface area (Å²) in [7, 11) is 1.38. The van der Waals surface area contributed by atoms with Gasteiger partial charge >= 0.3 is 18.1 Å². The molecule has 0 bridgehead atoms. The summed E-state index contributed by atoms with van der Waals surface area (Å²) < 4.78 is 28.6. The highest BCUT2D eigenvalue weighted by atomic mass is 16.6. The average molecular weight is 1140 g/mol. The molecule has 0 radical (unpaired) electrons.